The summed E-state index contributed by atoms with van der Waals surface area (Å²) in [5.41, 5.74) is 0.782. The smallest absolute Gasteiger partial charge is 0.243 e. The third-order valence-electron chi connectivity index (χ3n) is 4.82. The van der Waals surface area contributed by atoms with Gasteiger partial charge in [0.2, 0.25) is 15.9 Å². The highest BCUT2D eigenvalue weighted by Gasteiger charge is 2.34. The lowest BCUT2D eigenvalue weighted by Crippen LogP contribution is -2.45. The van der Waals surface area contributed by atoms with Crippen molar-refractivity contribution in [2.75, 3.05) is 6.54 Å². The van der Waals surface area contributed by atoms with Gasteiger partial charge in [0.05, 0.1) is 4.90 Å². The third kappa shape index (κ3) is 5.10. The van der Waals surface area contributed by atoms with E-state index in [1.807, 2.05) is 0 Å². The molecular formula is C20H22ClFN2O3S. The monoisotopic (exact) mass is 424 g/mol. The van der Waals surface area contributed by atoms with Crippen molar-refractivity contribution in [3.05, 3.63) is 64.9 Å². The van der Waals surface area contributed by atoms with Crippen molar-refractivity contribution in [1.82, 2.24) is 9.62 Å². The van der Waals surface area contributed by atoms with Gasteiger partial charge in [0.15, 0.2) is 0 Å². The van der Waals surface area contributed by atoms with Gasteiger partial charge in [-0.3, -0.25) is 4.79 Å². The first-order chi connectivity index (χ1) is 13.4. The molecule has 1 saturated heterocycles. The number of halogens is 2. The maximum Gasteiger partial charge on any atom is 0.243 e. The molecule has 1 N–H and O–H groups in total. The molecule has 1 aliphatic heterocycles. The number of carbonyl (C=O) groups is 1. The maximum atomic E-state index is 13.0. The first-order valence-electron chi connectivity index (χ1n) is 9.15. The van der Waals surface area contributed by atoms with Gasteiger partial charge in [0.25, 0.3) is 0 Å². The molecule has 0 bridgehead atoms. The van der Waals surface area contributed by atoms with Crippen molar-refractivity contribution in [2.24, 2.45) is 0 Å². The van der Waals surface area contributed by atoms with Gasteiger partial charge in [0, 0.05) is 30.6 Å². The molecule has 2 aromatic carbocycles. The molecule has 1 heterocycles. The standard InChI is InChI=1S/C20H22ClFN2O3S/c21-16-6-10-19(11-7-16)28(26,27)24-12-2-1-3-18(24)13-20(25)23-14-15-4-8-17(22)9-5-15/h4-11,18H,1-3,12-14H2,(H,23,25). The fourth-order valence-corrected chi connectivity index (χ4v) is 5.14. The topological polar surface area (TPSA) is 66.5 Å². The summed E-state index contributed by atoms with van der Waals surface area (Å²) < 4.78 is 40.4. The van der Waals surface area contributed by atoms with E-state index in [-0.39, 0.29) is 35.6 Å². The predicted molar refractivity (Wildman–Crippen MR) is 106 cm³/mol. The van der Waals surface area contributed by atoms with Crippen LogP contribution in [0.25, 0.3) is 0 Å². The van der Waals surface area contributed by atoms with Crippen LogP contribution in [0.2, 0.25) is 5.02 Å². The Morgan fingerprint density at radius 1 is 1.11 bits per heavy atom. The molecule has 1 aliphatic rings. The second-order valence-corrected chi connectivity index (χ2v) is 9.15. The lowest BCUT2D eigenvalue weighted by molar-refractivity contribution is -0.122. The summed E-state index contributed by atoms with van der Waals surface area (Å²) in [6, 6.07) is 11.6. The number of hydrogen-bond donors (Lipinski definition) is 1. The third-order valence-corrected chi connectivity index (χ3v) is 7.04. The summed E-state index contributed by atoms with van der Waals surface area (Å²) in [6.45, 7) is 0.663. The zero-order chi connectivity index (χ0) is 20.1. The zero-order valence-electron chi connectivity index (χ0n) is 15.3. The molecule has 0 spiro atoms. The summed E-state index contributed by atoms with van der Waals surface area (Å²) in [4.78, 5) is 12.6. The number of sulfonamides is 1. The van der Waals surface area contributed by atoms with E-state index in [0.29, 0.717) is 18.0 Å². The summed E-state index contributed by atoms with van der Waals surface area (Å²) >= 11 is 5.86. The van der Waals surface area contributed by atoms with Crippen molar-refractivity contribution in [1.29, 1.82) is 0 Å². The summed E-state index contributed by atoms with van der Waals surface area (Å²) in [7, 11) is -3.69. The van der Waals surface area contributed by atoms with E-state index in [1.165, 1.54) is 28.6 Å². The van der Waals surface area contributed by atoms with Gasteiger partial charge in [-0.05, 0) is 54.8 Å². The normalized spacial score (nSPS) is 18.0. The Morgan fingerprint density at radius 3 is 2.46 bits per heavy atom. The van der Waals surface area contributed by atoms with Gasteiger partial charge in [-0.25, -0.2) is 12.8 Å². The highest BCUT2D eigenvalue weighted by atomic mass is 35.5. The molecule has 1 amide bonds. The maximum absolute atomic E-state index is 13.0. The predicted octanol–water partition coefficient (Wildman–Crippen LogP) is 3.73. The van der Waals surface area contributed by atoms with Crippen LogP contribution in [0.1, 0.15) is 31.2 Å². The van der Waals surface area contributed by atoms with Gasteiger partial charge in [-0.2, -0.15) is 4.31 Å². The second-order valence-electron chi connectivity index (χ2n) is 6.83. The Bertz CT molecular complexity index is 917. The average molecular weight is 425 g/mol. The molecule has 1 unspecified atom stereocenters. The summed E-state index contributed by atoms with van der Waals surface area (Å²) in [5.74, 6) is -0.562. The van der Waals surface area contributed by atoms with Crippen LogP contribution in [0.3, 0.4) is 0 Å². The van der Waals surface area contributed by atoms with E-state index in [0.717, 1.165) is 18.4 Å². The quantitative estimate of drug-likeness (QED) is 0.768. The highest BCUT2D eigenvalue weighted by Crippen LogP contribution is 2.27. The van der Waals surface area contributed by atoms with E-state index >= 15 is 0 Å². The van der Waals surface area contributed by atoms with Crippen LogP contribution in [0.5, 0.6) is 0 Å². The molecule has 3 rings (SSSR count). The Kier molecular flexibility index (Phi) is 6.69. The fraction of sp³-hybridized carbons (Fsp3) is 0.350. The largest absolute Gasteiger partial charge is 0.352 e. The molecule has 0 radical (unpaired) electrons. The van der Waals surface area contributed by atoms with Gasteiger partial charge in [0.1, 0.15) is 5.82 Å². The van der Waals surface area contributed by atoms with E-state index < -0.39 is 10.0 Å². The fourth-order valence-electron chi connectivity index (χ4n) is 3.33. The molecule has 8 heteroatoms. The second kappa shape index (κ2) is 9.03. The van der Waals surface area contributed by atoms with Crippen molar-refractivity contribution >= 4 is 27.5 Å². The van der Waals surface area contributed by atoms with Crippen molar-refractivity contribution < 1.29 is 17.6 Å². The van der Waals surface area contributed by atoms with Crippen LogP contribution in [0.4, 0.5) is 4.39 Å². The van der Waals surface area contributed by atoms with Crippen LogP contribution in [-0.2, 0) is 21.4 Å². The number of hydrogen-bond acceptors (Lipinski definition) is 3. The van der Waals surface area contributed by atoms with Gasteiger partial charge >= 0.3 is 0 Å². The highest BCUT2D eigenvalue weighted by molar-refractivity contribution is 7.89. The lowest BCUT2D eigenvalue weighted by Gasteiger charge is -2.34. The van der Waals surface area contributed by atoms with Crippen LogP contribution < -0.4 is 5.32 Å². The van der Waals surface area contributed by atoms with Gasteiger partial charge in [-0.15, -0.1) is 0 Å². The van der Waals surface area contributed by atoms with Crippen LogP contribution >= 0.6 is 11.6 Å². The molecule has 28 heavy (non-hydrogen) atoms. The molecule has 0 saturated carbocycles. The van der Waals surface area contributed by atoms with E-state index in [2.05, 4.69) is 5.32 Å². The SMILES string of the molecule is O=C(CC1CCCCN1S(=O)(=O)c1ccc(Cl)cc1)NCc1ccc(F)cc1. The minimum Gasteiger partial charge on any atom is -0.352 e. The van der Waals surface area contributed by atoms with E-state index in [1.54, 1.807) is 24.3 Å². The molecule has 2 aromatic rings. The van der Waals surface area contributed by atoms with E-state index in [9.17, 15) is 17.6 Å². The Hall–Kier alpha value is -1.96. The van der Waals surface area contributed by atoms with Gasteiger partial charge < -0.3 is 5.32 Å². The molecule has 0 aromatic heterocycles. The minimum atomic E-state index is -3.69. The average Bonchev–Trinajstić information content (AvgIpc) is 2.68. The summed E-state index contributed by atoms with van der Waals surface area (Å²) in [6.07, 6.45) is 2.37. The number of benzene rings is 2. The molecule has 5 nitrogen and oxygen atoms in total. The first kappa shape index (κ1) is 20.8. The van der Waals surface area contributed by atoms with Crippen molar-refractivity contribution in [2.45, 2.75) is 43.2 Å². The Morgan fingerprint density at radius 2 is 1.79 bits per heavy atom. The molecule has 0 aliphatic carbocycles. The number of nitrogens with one attached hydrogen (secondary N) is 1. The van der Waals surface area contributed by atoms with Crippen molar-refractivity contribution in [3.8, 4) is 0 Å². The van der Waals surface area contributed by atoms with E-state index in [4.69, 9.17) is 11.6 Å². The Balaban J connectivity index is 1.66. The number of nitrogens with zero attached hydrogens (tertiary/aromatic N) is 1. The van der Waals surface area contributed by atoms with Crippen LogP contribution in [-0.4, -0.2) is 31.2 Å². The lowest BCUT2D eigenvalue weighted by atomic mass is 10.0. The molecule has 150 valence electrons. The van der Waals surface area contributed by atoms with Crippen molar-refractivity contribution in [3.63, 3.8) is 0 Å². The Labute approximate surface area is 169 Å². The minimum absolute atomic E-state index is 0.0913. The first-order valence-corrected chi connectivity index (χ1v) is 11.0. The van der Waals surface area contributed by atoms with Crippen LogP contribution in [0, 0.1) is 5.82 Å². The summed E-state index contributed by atoms with van der Waals surface area (Å²) in [5, 5.41) is 3.25. The zero-order valence-corrected chi connectivity index (χ0v) is 16.8. The van der Waals surface area contributed by atoms with Gasteiger partial charge in [-0.1, -0.05) is 30.2 Å². The number of piperidine rings is 1. The van der Waals surface area contributed by atoms with Crippen LogP contribution in [0.15, 0.2) is 53.4 Å². The number of rotatable bonds is 6. The molecular weight excluding hydrogens is 403 g/mol. The number of carbonyl (C=O) groups excluding carboxylic acids is 1. The number of amides is 1. The molecule has 1 fully saturated rings. The molecule has 1 atom stereocenters.